The van der Waals surface area contributed by atoms with Crippen LogP contribution in [0.4, 0.5) is 0 Å². The Labute approximate surface area is 138 Å². The standard InChI is InChI=1S/C10H21Cl2N2O7P/c11-1-3-13-22(19,14-4-2-12)21-10-9(18)8(17)7(16)6(5-15)20-10/h6-10,15-18H,1-5H2,(H2,13,14,19)/t6-,7+,8-,9-,10-/m0/s1. The lowest BCUT2D eigenvalue weighted by Crippen LogP contribution is -2.59. The molecule has 0 unspecified atom stereocenters. The summed E-state index contributed by atoms with van der Waals surface area (Å²) in [6.07, 6.45) is -7.47. The maximum absolute atomic E-state index is 12.6. The highest BCUT2D eigenvalue weighted by Gasteiger charge is 2.46. The van der Waals surface area contributed by atoms with Crippen LogP contribution >= 0.6 is 30.9 Å². The Bertz CT molecular complexity index is 367. The van der Waals surface area contributed by atoms with E-state index in [0.717, 1.165) is 0 Å². The van der Waals surface area contributed by atoms with Crippen LogP contribution in [0.3, 0.4) is 0 Å². The van der Waals surface area contributed by atoms with Gasteiger partial charge in [-0.05, 0) is 0 Å². The minimum atomic E-state index is -3.67. The van der Waals surface area contributed by atoms with Crippen LogP contribution in [0, 0.1) is 0 Å². The van der Waals surface area contributed by atoms with Crippen LogP contribution in [0.15, 0.2) is 0 Å². The lowest BCUT2D eigenvalue weighted by Gasteiger charge is -2.40. The number of rotatable bonds is 9. The molecule has 1 aliphatic rings. The summed E-state index contributed by atoms with van der Waals surface area (Å²) in [5.41, 5.74) is 0. The van der Waals surface area contributed by atoms with E-state index in [-0.39, 0.29) is 24.8 Å². The number of ether oxygens (including phenoxy) is 1. The number of aliphatic hydroxyl groups is 4. The van der Waals surface area contributed by atoms with Crippen molar-refractivity contribution in [1.82, 2.24) is 10.2 Å². The Kier molecular flexibility index (Phi) is 9.06. The molecular weight excluding hydrogens is 362 g/mol. The molecule has 0 spiro atoms. The Morgan fingerprint density at radius 2 is 1.59 bits per heavy atom. The van der Waals surface area contributed by atoms with Crippen LogP contribution in [0.5, 0.6) is 0 Å². The molecule has 6 N–H and O–H groups in total. The lowest BCUT2D eigenvalue weighted by molar-refractivity contribution is -0.277. The zero-order chi connectivity index (χ0) is 16.8. The average Bonchev–Trinajstić information content (AvgIpc) is 2.51. The van der Waals surface area contributed by atoms with Crippen molar-refractivity contribution in [2.24, 2.45) is 0 Å². The third kappa shape index (κ3) is 5.54. The van der Waals surface area contributed by atoms with Gasteiger partial charge >= 0.3 is 7.67 Å². The second-order valence-corrected chi connectivity index (χ2v) is 7.25. The normalized spacial score (nSPS) is 33.1. The smallest absolute Gasteiger partial charge is 0.343 e. The number of aliphatic hydroxyl groups excluding tert-OH is 4. The maximum atomic E-state index is 12.6. The summed E-state index contributed by atoms with van der Waals surface area (Å²) in [6, 6.07) is 0. The highest BCUT2D eigenvalue weighted by atomic mass is 35.5. The number of hydrogen-bond acceptors (Lipinski definition) is 7. The predicted octanol–water partition coefficient (Wildman–Crippen LogP) is -1.43. The summed E-state index contributed by atoms with van der Waals surface area (Å²) in [7, 11) is -3.67. The SMILES string of the molecule is O=P(NCCCl)(NCCCl)O[C@@H]1O[C@@H](CO)[C@@H](O)[C@H](O)[C@@H]1O. The molecule has 0 saturated carbocycles. The summed E-state index contributed by atoms with van der Waals surface area (Å²) in [5, 5.41) is 43.4. The Morgan fingerprint density at radius 3 is 2.05 bits per heavy atom. The fourth-order valence-corrected chi connectivity index (χ4v) is 3.80. The number of halogens is 2. The first-order chi connectivity index (χ1) is 10.4. The second-order valence-electron chi connectivity index (χ2n) is 4.55. The molecule has 1 aliphatic heterocycles. The Morgan fingerprint density at radius 1 is 1.05 bits per heavy atom. The molecule has 0 aromatic rings. The van der Waals surface area contributed by atoms with E-state index in [1.807, 2.05) is 0 Å². The molecule has 132 valence electrons. The third-order valence-electron chi connectivity index (χ3n) is 2.93. The molecule has 0 amide bonds. The van der Waals surface area contributed by atoms with E-state index in [1.165, 1.54) is 0 Å². The van der Waals surface area contributed by atoms with Crippen molar-refractivity contribution < 1.29 is 34.3 Å². The van der Waals surface area contributed by atoms with Crippen LogP contribution in [0.2, 0.25) is 0 Å². The zero-order valence-electron chi connectivity index (χ0n) is 11.6. The van der Waals surface area contributed by atoms with E-state index in [4.69, 9.17) is 37.6 Å². The minimum absolute atomic E-state index is 0.144. The topological polar surface area (TPSA) is 141 Å². The van der Waals surface area contributed by atoms with E-state index in [1.54, 1.807) is 0 Å². The first-order valence-corrected chi connectivity index (χ1v) is 9.29. The van der Waals surface area contributed by atoms with E-state index in [2.05, 4.69) is 10.2 Å². The van der Waals surface area contributed by atoms with Crippen molar-refractivity contribution in [1.29, 1.82) is 0 Å². The minimum Gasteiger partial charge on any atom is -0.394 e. The van der Waals surface area contributed by atoms with E-state index in [9.17, 15) is 19.9 Å². The summed E-state index contributed by atoms with van der Waals surface area (Å²) in [6.45, 7) is -0.323. The maximum Gasteiger partial charge on any atom is 0.343 e. The Balaban J connectivity index is 2.79. The molecule has 22 heavy (non-hydrogen) atoms. The van der Waals surface area contributed by atoms with Gasteiger partial charge in [0.25, 0.3) is 0 Å². The van der Waals surface area contributed by atoms with E-state index < -0.39 is 45.0 Å². The van der Waals surface area contributed by atoms with Gasteiger partial charge in [-0.2, -0.15) is 0 Å². The quantitative estimate of drug-likeness (QED) is 0.209. The summed E-state index contributed by atoms with van der Waals surface area (Å²) in [4.78, 5) is 0. The van der Waals surface area contributed by atoms with Crippen molar-refractivity contribution in [3.63, 3.8) is 0 Å². The Hall–Kier alpha value is 0.490. The monoisotopic (exact) mass is 382 g/mol. The highest BCUT2D eigenvalue weighted by Crippen LogP contribution is 2.41. The van der Waals surface area contributed by atoms with Gasteiger partial charge in [-0.15, -0.1) is 23.2 Å². The number of hydrogen-bond donors (Lipinski definition) is 6. The molecule has 12 heteroatoms. The molecule has 0 aromatic heterocycles. The van der Waals surface area contributed by atoms with Gasteiger partial charge in [-0.25, -0.2) is 10.2 Å². The summed E-state index contributed by atoms with van der Waals surface area (Å²) in [5.74, 6) is 0.315. The van der Waals surface area contributed by atoms with E-state index >= 15 is 0 Å². The van der Waals surface area contributed by atoms with Gasteiger partial charge in [0.05, 0.1) is 6.61 Å². The van der Waals surface area contributed by atoms with Crippen molar-refractivity contribution >= 4 is 30.9 Å². The molecule has 1 saturated heterocycles. The second kappa shape index (κ2) is 9.71. The first kappa shape index (κ1) is 20.5. The van der Waals surface area contributed by atoms with Crippen molar-refractivity contribution in [2.45, 2.75) is 30.7 Å². The van der Waals surface area contributed by atoms with E-state index in [0.29, 0.717) is 0 Å². The molecule has 5 atom stereocenters. The van der Waals surface area contributed by atoms with Crippen LogP contribution in [0.1, 0.15) is 0 Å². The molecule has 1 heterocycles. The van der Waals surface area contributed by atoms with Crippen LogP contribution in [-0.2, 0) is 13.8 Å². The largest absolute Gasteiger partial charge is 0.394 e. The summed E-state index contributed by atoms with van der Waals surface area (Å²) < 4.78 is 22.9. The number of nitrogens with one attached hydrogen (secondary N) is 2. The first-order valence-electron chi connectivity index (χ1n) is 6.59. The molecule has 1 fully saturated rings. The molecule has 9 nitrogen and oxygen atoms in total. The van der Waals surface area contributed by atoms with Gasteiger partial charge in [0, 0.05) is 24.8 Å². The average molecular weight is 383 g/mol. The van der Waals surface area contributed by atoms with Crippen LogP contribution < -0.4 is 10.2 Å². The summed E-state index contributed by atoms with van der Waals surface area (Å²) >= 11 is 11.0. The van der Waals surface area contributed by atoms with Crippen LogP contribution in [0.25, 0.3) is 0 Å². The third-order valence-corrected chi connectivity index (χ3v) is 5.09. The van der Waals surface area contributed by atoms with Gasteiger partial charge in [0.1, 0.15) is 24.4 Å². The highest BCUT2D eigenvalue weighted by molar-refractivity contribution is 7.54. The van der Waals surface area contributed by atoms with Crippen molar-refractivity contribution in [3.8, 4) is 0 Å². The van der Waals surface area contributed by atoms with Crippen molar-refractivity contribution in [3.05, 3.63) is 0 Å². The molecule has 1 rings (SSSR count). The lowest BCUT2D eigenvalue weighted by atomic mass is 10.00. The van der Waals surface area contributed by atoms with Gasteiger partial charge in [-0.3, -0.25) is 9.09 Å². The molecule has 0 aliphatic carbocycles. The molecule has 0 aromatic carbocycles. The fourth-order valence-electron chi connectivity index (χ4n) is 1.81. The molecular formula is C10H21Cl2N2O7P. The number of alkyl halides is 2. The predicted molar refractivity (Wildman–Crippen MR) is 79.9 cm³/mol. The van der Waals surface area contributed by atoms with Crippen molar-refractivity contribution in [2.75, 3.05) is 31.5 Å². The van der Waals surface area contributed by atoms with Crippen LogP contribution in [-0.4, -0.2) is 82.6 Å². The fraction of sp³-hybridized carbons (Fsp3) is 1.00. The van der Waals surface area contributed by atoms with Gasteiger partial charge in [0.2, 0.25) is 0 Å². The van der Waals surface area contributed by atoms with Gasteiger partial charge in [0.15, 0.2) is 6.29 Å². The zero-order valence-corrected chi connectivity index (χ0v) is 14.0. The van der Waals surface area contributed by atoms with Gasteiger partial charge in [-0.1, -0.05) is 0 Å². The van der Waals surface area contributed by atoms with Gasteiger partial charge < -0.3 is 25.2 Å². The molecule has 0 radical (unpaired) electrons. The molecule has 0 bridgehead atoms.